The highest BCUT2D eigenvalue weighted by atomic mass is 35.5. The molecule has 0 amide bonds. The largest absolute Gasteiger partial charge is 0.487 e. The van der Waals surface area contributed by atoms with Crippen molar-refractivity contribution in [1.82, 2.24) is 0 Å². The summed E-state index contributed by atoms with van der Waals surface area (Å²) in [4.78, 5) is 10.7. The number of hydrogen-bond acceptors (Lipinski definition) is 2. The van der Waals surface area contributed by atoms with E-state index in [0.29, 0.717) is 6.42 Å². The van der Waals surface area contributed by atoms with Gasteiger partial charge in [-0.2, -0.15) is 8.78 Å². The maximum atomic E-state index is 13.5. The van der Waals surface area contributed by atoms with Crippen LogP contribution in [0, 0.1) is 23.3 Å². The van der Waals surface area contributed by atoms with Gasteiger partial charge in [-0.15, -0.1) is 0 Å². The normalized spacial score (nSPS) is 10.7. The van der Waals surface area contributed by atoms with Gasteiger partial charge in [0, 0.05) is 0 Å². The van der Waals surface area contributed by atoms with Crippen LogP contribution >= 0.6 is 11.6 Å². The Morgan fingerprint density at radius 2 is 1.55 bits per heavy atom. The van der Waals surface area contributed by atoms with Gasteiger partial charge in [0.15, 0.2) is 17.4 Å². The SMILES string of the molecule is CCCCCCOc1c(F)c(F)c(C(=O)Cl)c(F)c1F. The second-order valence-electron chi connectivity index (χ2n) is 4.14. The van der Waals surface area contributed by atoms with Crippen LogP contribution in [0.3, 0.4) is 0 Å². The van der Waals surface area contributed by atoms with Gasteiger partial charge in [-0.05, 0) is 18.0 Å². The molecule has 0 aromatic heterocycles. The minimum atomic E-state index is -1.85. The Morgan fingerprint density at radius 3 is 2.00 bits per heavy atom. The van der Waals surface area contributed by atoms with E-state index in [2.05, 4.69) is 0 Å². The van der Waals surface area contributed by atoms with Crippen molar-refractivity contribution in [3.05, 3.63) is 28.8 Å². The molecule has 1 rings (SSSR count). The predicted octanol–water partition coefficient (Wildman–Crippen LogP) is 4.58. The van der Waals surface area contributed by atoms with Crippen LogP contribution in [0.1, 0.15) is 43.0 Å². The molecule has 7 heteroatoms. The molecule has 0 bridgehead atoms. The van der Waals surface area contributed by atoms with Crippen LogP contribution in [0.4, 0.5) is 17.6 Å². The van der Waals surface area contributed by atoms with Gasteiger partial charge >= 0.3 is 0 Å². The minimum Gasteiger partial charge on any atom is -0.487 e. The molecule has 0 spiro atoms. The third kappa shape index (κ3) is 3.62. The lowest BCUT2D eigenvalue weighted by Crippen LogP contribution is -2.10. The first-order valence-corrected chi connectivity index (χ1v) is 6.48. The average molecular weight is 313 g/mol. The van der Waals surface area contributed by atoms with E-state index in [9.17, 15) is 22.4 Å². The summed E-state index contributed by atoms with van der Waals surface area (Å²) >= 11 is 4.88. The van der Waals surface area contributed by atoms with Crippen molar-refractivity contribution in [2.75, 3.05) is 6.61 Å². The molecule has 112 valence electrons. The fourth-order valence-electron chi connectivity index (χ4n) is 1.61. The van der Waals surface area contributed by atoms with Crippen molar-refractivity contribution in [3.8, 4) is 5.75 Å². The predicted molar refractivity (Wildman–Crippen MR) is 66.1 cm³/mol. The van der Waals surface area contributed by atoms with Gasteiger partial charge < -0.3 is 4.74 Å². The second kappa shape index (κ2) is 7.47. The van der Waals surface area contributed by atoms with E-state index in [1.807, 2.05) is 6.92 Å². The monoisotopic (exact) mass is 312 g/mol. The lowest BCUT2D eigenvalue weighted by atomic mass is 10.1. The van der Waals surface area contributed by atoms with Crippen LogP contribution in [-0.2, 0) is 0 Å². The number of halogens is 5. The molecule has 1 aromatic rings. The summed E-state index contributed by atoms with van der Waals surface area (Å²) in [7, 11) is 0. The molecule has 2 nitrogen and oxygen atoms in total. The summed E-state index contributed by atoms with van der Waals surface area (Å²) in [5.74, 6) is -8.40. The topological polar surface area (TPSA) is 26.3 Å². The molecule has 1 aromatic carbocycles. The average Bonchev–Trinajstić information content (AvgIpc) is 2.39. The Morgan fingerprint density at radius 1 is 1.00 bits per heavy atom. The van der Waals surface area contributed by atoms with Crippen LogP contribution in [0.25, 0.3) is 0 Å². The highest BCUT2D eigenvalue weighted by Gasteiger charge is 2.29. The molecule has 0 aliphatic rings. The third-order valence-electron chi connectivity index (χ3n) is 2.66. The van der Waals surface area contributed by atoms with Gasteiger partial charge in [0.25, 0.3) is 5.24 Å². The Labute approximate surface area is 118 Å². The maximum Gasteiger partial charge on any atom is 0.258 e. The molecule has 0 saturated heterocycles. The number of carbonyl (C=O) groups excluding carboxylic acids is 1. The van der Waals surface area contributed by atoms with Crippen molar-refractivity contribution < 1.29 is 27.1 Å². The molecular formula is C13H13ClF4O2. The molecule has 0 saturated carbocycles. The van der Waals surface area contributed by atoms with E-state index in [1.54, 1.807) is 0 Å². The van der Waals surface area contributed by atoms with E-state index in [-0.39, 0.29) is 6.61 Å². The Hall–Kier alpha value is -1.30. The van der Waals surface area contributed by atoms with Gasteiger partial charge in [0.2, 0.25) is 11.6 Å². The standard InChI is InChI=1S/C13H13ClF4O2/c1-2-3-4-5-6-20-12-10(17)8(15)7(13(14)19)9(16)11(12)18/h2-6H2,1H3. The lowest BCUT2D eigenvalue weighted by molar-refractivity contribution is 0.107. The first kappa shape index (κ1) is 16.8. The summed E-state index contributed by atoms with van der Waals surface area (Å²) < 4.78 is 58.6. The number of benzene rings is 1. The molecule has 0 atom stereocenters. The summed E-state index contributed by atoms with van der Waals surface area (Å²) in [6.45, 7) is 1.90. The van der Waals surface area contributed by atoms with Gasteiger partial charge in [0.1, 0.15) is 5.56 Å². The quantitative estimate of drug-likeness (QED) is 0.319. The van der Waals surface area contributed by atoms with Gasteiger partial charge in [-0.25, -0.2) is 8.78 Å². The lowest BCUT2D eigenvalue weighted by Gasteiger charge is -2.11. The Bertz CT molecular complexity index is 477. The third-order valence-corrected chi connectivity index (χ3v) is 2.85. The second-order valence-corrected chi connectivity index (χ2v) is 4.49. The highest BCUT2D eigenvalue weighted by Crippen LogP contribution is 2.31. The van der Waals surface area contributed by atoms with Crippen LogP contribution in [0.2, 0.25) is 0 Å². The van der Waals surface area contributed by atoms with E-state index >= 15 is 0 Å². The first-order valence-electron chi connectivity index (χ1n) is 6.10. The van der Waals surface area contributed by atoms with Crippen LogP contribution < -0.4 is 4.74 Å². The highest BCUT2D eigenvalue weighted by molar-refractivity contribution is 6.67. The van der Waals surface area contributed by atoms with Crippen molar-refractivity contribution >= 4 is 16.8 Å². The van der Waals surface area contributed by atoms with Gasteiger partial charge in [-0.1, -0.05) is 26.2 Å². The Balaban J connectivity index is 2.95. The van der Waals surface area contributed by atoms with E-state index in [0.717, 1.165) is 19.3 Å². The first-order chi connectivity index (χ1) is 9.41. The number of rotatable bonds is 7. The summed E-state index contributed by atoms with van der Waals surface area (Å²) in [6.07, 6.45) is 3.13. The fraction of sp³-hybridized carbons (Fsp3) is 0.462. The van der Waals surface area contributed by atoms with Crippen molar-refractivity contribution in [3.63, 3.8) is 0 Å². The van der Waals surface area contributed by atoms with Gasteiger partial charge in [0.05, 0.1) is 6.61 Å². The number of unbranched alkanes of at least 4 members (excludes halogenated alkanes) is 3. The molecule has 0 heterocycles. The van der Waals surface area contributed by atoms with Gasteiger partial charge in [-0.3, -0.25) is 4.79 Å². The van der Waals surface area contributed by atoms with Crippen LogP contribution in [-0.4, -0.2) is 11.8 Å². The molecule has 0 N–H and O–H groups in total. The zero-order valence-electron chi connectivity index (χ0n) is 10.7. The van der Waals surface area contributed by atoms with Crippen molar-refractivity contribution in [1.29, 1.82) is 0 Å². The van der Waals surface area contributed by atoms with E-state index < -0.39 is 39.8 Å². The molecule has 0 aliphatic heterocycles. The molecule has 0 radical (unpaired) electrons. The smallest absolute Gasteiger partial charge is 0.258 e. The van der Waals surface area contributed by atoms with Crippen LogP contribution in [0.5, 0.6) is 5.75 Å². The molecule has 0 aliphatic carbocycles. The minimum absolute atomic E-state index is 0.0825. The van der Waals surface area contributed by atoms with E-state index in [1.165, 1.54) is 0 Å². The number of hydrogen-bond donors (Lipinski definition) is 0. The summed E-state index contributed by atoms with van der Waals surface area (Å²) in [6, 6.07) is 0. The van der Waals surface area contributed by atoms with Crippen molar-refractivity contribution in [2.24, 2.45) is 0 Å². The summed E-state index contributed by atoms with van der Waals surface area (Å²) in [5.41, 5.74) is -1.46. The molecule has 0 unspecified atom stereocenters. The fourth-order valence-corrected chi connectivity index (χ4v) is 1.78. The zero-order chi connectivity index (χ0) is 15.3. The molecule has 0 fully saturated rings. The zero-order valence-corrected chi connectivity index (χ0v) is 11.5. The maximum absolute atomic E-state index is 13.5. The Kier molecular flexibility index (Phi) is 6.26. The van der Waals surface area contributed by atoms with Crippen molar-refractivity contribution in [2.45, 2.75) is 32.6 Å². The number of carbonyl (C=O) groups is 1. The number of ether oxygens (including phenoxy) is 1. The van der Waals surface area contributed by atoms with Crippen LogP contribution in [0.15, 0.2) is 0 Å². The van der Waals surface area contributed by atoms with E-state index in [4.69, 9.17) is 16.3 Å². The molecular weight excluding hydrogens is 300 g/mol. The molecule has 20 heavy (non-hydrogen) atoms. The summed E-state index contributed by atoms with van der Waals surface area (Å²) in [5, 5.41) is -1.62.